The van der Waals surface area contributed by atoms with Gasteiger partial charge in [-0.3, -0.25) is 9.78 Å². The molecule has 19 heavy (non-hydrogen) atoms. The van der Waals surface area contributed by atoms with Crippen molar-refractivity contribution in [2.24, 2.45) is 0 Å². The number of carbonyl (C=O) groups is 2. The second-order valence-corrected chi connectivity index (χ2v) is 3.47. The molecule has 0 saturated carbocycles. The van der Waals surface area contributed by atoms with Gasteiger partial charge in [0.05, 0.1) is 11.9 Å². The zero-order valence-corrected chi connectivity index (χ0v) is 10.2. The molecule has 0 aliphatic rings. The van der Waals surface area contributed by atoms with E-state index in [1.165, 1.54) is 12.3 Å². The van der Waals surface area contributed by atoms with Gasteiger partial charge in [0.1, 0.15) is 5.75 Å². The van der Waals surface area contributed by atoms with Crippen LogP contribution >= 0.6 is 0 Å². The molecule has 0 aromatic carbocycles. The molecule has 0 spiro atoms. The Balaban J connectivity index is 2.46. The summed E-state index contributed by atoms with van der Waals surface area (Å²) in [6.07, 6.45) is 5.35. The maximum absolute atomic E-state index is 11.2. The molecule has 0 bridgehead atoms. The summed E-state index contributed by atoms with van der Waals surface area (Å²) >= 11 is 0. The molecule has 0 saturated heterocycles. The van der Waals surface area contributed by atoms with Crippen LogP contribution in [0.3, 0.4) is 0 Å². The van der Waals surface area contributed by atoms with Crippen LogP contribution in [0.2, 0.25) is 0 Å². The highest BCUT2D eigenvalue weighted by Gasteiger charge is 2.01. The van der Waals surface area contributed by atoms with Crippen molar-refractivity contribution in [3.05, 3.63) is 42.8 Å². The quantitative estimate of drug-likeness (QED) is 0.562. The number of carbonyl (C=O) groups excluding carboxylic acids is 1. The van der Waals surface area contributed by atoms with Crippen LogP contribution in [0.15, 0.2) is 37.1 Å². The molecule has 1 heterocycles. The minimum absolute atomic E-state index is 0.111. The lowest BCUT2D eigenvalue weighted by Gasteiger charge is -2.05. The van der Waals surface area contributed by atoms with Gasteiger partial charge in [-0.25, -0.2) is 4.79 Å². The van der Waals surface area contributed by atoms with Gasteiger partial charge in [-0.2, -0.15) is 0 Å². The van der Waals surface area contributed by atoms with Gasteiger partial charge in [-0.05, 0) is 18.2 Å². The second-order valence-electron chi connectivity index (χ2n) is 3.47. The lowest BCUT2D eigenvalue weighted by molar-refractivity contribution is -0.131. The Bertz CT molecular complexity index is 480. The van der Waals surface area contributed by atoms with Gasteiger partial charge in [-0.1, -0.05) is 6.08 Å². The summed E-state index contributed by atoms with van der Waals surface area (Å²) in [4.78, 5) is 25.5. The molecule has 100 valence electrons. The van der Waals surface area contributed by atoms with E-state index in [9.17, 15) is 9.59 Å². The number of aromatic nitrogens is 1. The summed E-state index contributed by atoms with van der Waals surface area (Å²) in [6, 6.07) is 3.20. The summed E-state index contributed by atoms with van der Waals surface area (Å²) in [7, 11) is 0. The van der Waals surface area contributed by atoms with Crippen molar-refractivity contribution < 1.29 is 19.4 Å². The Kier molecular flexibility index (Phi) is 5.81. The first kappa shape index (κ1) is 14.4. The highest BCUT2D eigenvalue weighted by molar-refractivity contribution is 5.84. The Morgan fingerprint density at radius 3 is 2.84 bits per heavy atom. The van der Waals surface area contributed by atoms with E-state index < -0.39 is 5.97 Å². The van der Waals surface area contributed by atoms with E-state index in [2.05, 4.69) is 16.9 Å². The van der Waals surface area contributed by atoms with E-state index in [0.29, 0.717) is 18.0 Å². The molecule has 6 nitrogen and oxygen atoms in total. The van der Waals surface area contributed by atoms with Crippen LogP contribution in [0.25, 0.3) is 6.08 Å². The minimum atomic E-state index is -1.04. The molecule has 2 N–H and O–H groups in total. The van der Waals surface area contributed by atoms with Crippen molar-refractivity contribution >= 4 is 18.0 Å². The number of hydrogen-bond donors (Lipinski definition) is 2. The van der Waals surface area contributed by atoms with Crippen LogP contribution in [0.1, 0.15) is 5.69 Å². The Labute approximate surface area is 110 Å². The van der Waals surface area contributed by atoms with E-state index in [1.54, 1.807) is 18.2 Å². The van der Waals surface area contributed by atoms with Crippen molar-refractivity contribution in [1.29, 1.82) is 0 Å². The molecule has 1 amide bonds. The summed E-state index contributed by atoms with van der Waals surface area (Å²) in [5, 5.41) is 11.0. The van der Waals surface area contributed by atoms with Gasteiger partial charge in [0, 0.05) is 12.6 Å². The molecule has 0 fully saturated rings. The third-order valence-electron chi connectivity index (χ3n) is 1.97. The lowest BCUT2D eigenvalue weighted by atomic mass is 10.3. The van der Waals surface area contributed by atoms with Gasteiger partial charge in [0.2, 0.25) is 0 Å². The molecule has 1 aromatic heterocycles. The third kappa shape index (κ3) is 6.02. The van der Waals surface area contributed by atoms with E-state index >= 15 is 0 Å². The molecular formula is C13H14N2O4. The molecule has 1 aromatic rings. The molecule has 0 radical (unpaired) electrons. The largest absolute Gasteiger partial charge is 0.482 e. The number of amides is 1. The summed E-state index contributed by atoms with van der Waals surface area (Å²) < 4.78 is 5.20. The van der Waals surface area contributed by atoms with E-state index in [1.807, 2.05) is 0 Å². The predicted octanol–water partition coefficient (Wildman–Crippen LogP) is 0.860. The zero-order chi connectivity index (χ0) is 14.1. The fourth-order valence-electron chi connectivity index (χ4n) is 1.12. The monoisotopic (exact) mass is 262 g/mol. The number of rotatable bonds is 7. The Morgan fingerprint density at radius 2 is 2.26 bits per heavy atom. The molecule has 1 rings (SSSR count). The molecule has 0 atom stereocenters. The van der Waals surface area contributed by atoms with Gasteiger partial charge in [0.15, 0.2) is 6.61 Å². The Morgan fingerprint density at radius 1 is 1.47 bits per heavy atom. The molecule has 6 heteroatoms. The van der Waals surface area contributed by atoms with E-state index in [4.69, 9.17) is 9.84 Å². The standard InChI is InChI=1S/C13H14N2O4/c1-2-7-14-12(16)9-19-11-5-3-10(15-8-11)4-6-13(17)18/h2-6,8H,1,7,9H2,(H,14,16)(H,17,18). The predicted molar refractivity (Wildman–Crippen MR) is 69.6 cm³/mol. The minimum Gasteiger partial charge on any atom is -0.482 e. The van der Waals surface area contributed by atoms with Crippen LogP contribution in [-0.4, -0.2) is 35.1 Å². The summed E-state index contributed by atoms with van der Waals surface area (Å²) in [5.41, 5.74) is 0.492. The van der Waals surface area contributed by atoms with Gasteiger partial charge >= 0.3 is 5.97 Å². The van der Waals surface area contributed by atoms with Crippen molar-refractivity contribution in [1.82, 2.24) is 10.3 Å². The SMILES string of the molecule is C=CCNC(=O)COc1ccc(C=CC(=O)O)nc1. The zero-order valence-electron chi connectivity index (χ0n) is 10.2. The number of carboxylic acids is 1. The highest BCUT2D eigenvalue weighted by Crippen LogP contribution is 2.09. The first-order valence-corrected chi connectivity index (χ1v) is 5.49. The molecule has 0 aliphatic carbocycles. The number of aliphatic carboxylic acids is 1. The van der Waals surface area contributed by atoms with Gasteiger partial charge in [0.25, 0.3) is 5.91 Å². The first-order chi connectivity index (χ1) is 9.11. The fraction of sp³-hybridized carbons (Fsp3) is 0.154. The van der Waals surface area contributed by atoms with E-state index in [0.717, 1.165) is 6.08 Å². The van der Waals surface area contributed by atoms with E-state index in [-0.39, 0.29) is 12.5 Å². The Hall–Kier alpha value is -2.63. The molecule has 0 aliphatic heterocycles. The van der Waals surface area contributed by atoms with Crippen LogP contribution in [0.4, 0.5) is 0 Å². The average Bonchev–Trinajstić information content (AvgIpc) is 2.41. The third-order valence-corrected chi connectivity index (χ3v) is 1.97. The van der Waals surface area contributed by atoms with Crippen LogP contribution < -0.4 is 10.1 Å². The first-order valence-electron chi connectivity index (χ1n) is 5.49. The number of pyridine rings is 1. The highest BCUT2D eigenvalue weighted by atomic mass is 16.5. The van der Waals surface area contributed by atoms with Crippen LogP contribution in [0, 0.1) is 0 Å². The summed E-state index contributed by atoms with van der Waals surface area (Å²) in [6.45, 7) is 3.75. The van der Waals surface area contributed by atoms with Crippen LogP contribution in [-0.2, 0) is 9.59 Å². The normalized spacial score (nSPS) is 10.1. The number of hydrogen-bond acceptors (Lipinski definition) is 4. The van der Waals surface area contributed by atoms with Gasteiger partial charge < -0.3 is 15.2 Å². The van der Waals surface area contributed by atoms with Crippen LogP contribution in [0.5, 0.6) is 5.75 Å². The lowest BCUT2D eigenvalue weighted by Crippen LogP contribution is -2.28. The van der Waals surface area contributed by atoms with Crippen molar-refractivity contribution in [3.8, 4) is 5.75 Å². The maximum Gasteiger partial charge on any atom is 0.328 e. The summed E-state index contributed by atoms with van der Waals surface area (Å²) in [5.74, 6) is -0.864. The average molecular weight is 262 g/mol. The van der Waals surface area contributed by atoms with Crippen molar-refractivity contribution in [2.45, 2.75) is 0 Å². The maximum atomic E-state index is 11.2. The fourth-order valence-corrected chi connectivity index (χ4v) is 1.12. The molecule has 0 unspecified atom stereocenters. The second kappa shape index (κ2) is 7.65. The smallest absolute Gasteiger partial charge is 0.328 e. The number of carboxylic acid groups (broad SMARTS) is 1. The number of nitrogens with zero attached hydrogens (tertiary/aromatic N) is 1. The number of nitrogens with one attached hydrogen (secondary N) is 1. The van der Waals surface area contributed by atoms with Crippen molar-refractivity contribution in [3.63, 3.8) is 0 Å². The molecular weight excluding hydrogens is 248 g/mol. The van der Waals surface area contributed by atoms with Gasteiger partial charge in [-0.15, -0.1) is 6.58 Å². The topological polar surface area (TPSA) is 88.5 Å². The number of ether oxygens (including phenoxy) is 1. The van der Waals surface area contributed by atoms with Crippen molar-refractivity contribution in [2.75, 3.05) is 13.2 Å².